The molecule has 0 bridgehead atoms. The van der Waals surface area contributed by atoms with E-state index in [1.54, 1.807) is 12.1 Å². The highest BCUT2D eigenvalue weighted by molar-refractivity contribution is 9.11. The van der Waals surface area contributed by atoms with E-state index in [1.165, 1.54) is 17.4 Å². The lowest BCUT2D eigenvalue weighted by molar-refractivity contribution is -0.112. The van der Waals surface area contributed by atoms with Crippen molar-refractivity contribution < 1.29 is 9.21 Å². The van der Waals surface area contributed by atoms with E-state index in [2.05, 4.69) is 43.2 Å². The fourth-order valence-corrected chi connectivity index (χ4v) is 5.53. The van der Waals surface area contributed by atoms with Gasteiger partial charge >= 0.3 is 0 Å². The molecule has 1 aliphatic rings. The molecule has 4 rings (SSSR count). The van der Waals surface area contributed by atoms with Crippen molar-refractivity contribution in [3.63, 3.8) is 0 Å². The average Bonchev–Trinajstić information content (AvgIpc) is 3.37. The number of nitriles is 2. The number of fused-ring (bicyclic) bond motifs is 1. The summed E-state index contributed by atoms with van der Waals surface area (Å²) < 4.78 is 7.61. The molecule has 0 aliphatic heterocycles. The lowest BCUT2D eigenvalue weighted by Gasteiger charge is -2.09. The van der Waals surface area contributed by atoms with Gasteiger partial charge in [-0.1, -0.05) is 31.9 Å². The van der Waals surface area contributed by atoms with E-state index in [0.29, 0.717) is 22.1 Å². The van der Waals surface area contributed by atoms with Gasteiger partial charge in [0.15, 0.2) is 0 Å². The van der Waals surface area contributed by atoms with Crippen molar-refractivity contribution in [1.29, 1.82) is 10.5 Å². The van der Waals surface area contributed by atoms with Gasteiger partial charge in [0, 0.05) is 25.5 Å². The Balaban J connectivity index is 1.59. The first-order valence-electron chi connectivity index (χ1n) is 9.53. The van der Waals surface area contributed by atoms with Crippen molar-refractivity contribution in [2.45, 2.75) is 25.7 Å². The van der Waals surface area contributed by atoms with Gasteiger partial charge in [-0.3, -0.25) is 4.79 Å². The monoisotopic (exact) mass is 555 g/mol. The first-order valence-corrected chi connectivity index (χ1v) is 11.9. The number of aryl methyl sites for hydroxylation is 1. The van der Waals surface area contributed by atoms with E-state index in [4.69, 9.17) is 4.42 Å². The van der Waals surface area contributed by atoms with Crippen LogP contribution in [0.15, 0.2) is 49.3 Å². The summed E-state index contributed by atoms with van der Waals surface area (Å²) in [5.74, 6) is 0.438. The van der Waals surface area contributed by atoms with Gasteiger partial charge in [0.2, 0.25) is 0 Å². The Bertz CT molecular complexity index is 1290. The number of nitrogens with one attached hydrogen (secondary N) is 1. The summed E-state index contributed by atoms with van der Waals surface area (Å²) in [6.07, 6.45) is 5.32. The first kappa shape index (κ1) is 21.6. The third kappa shape index (κ3) is 4.52. The Labute approximate surface area is 200 Å². The number of carbonyl (C=O) groups is 1. The highest BCUT2D eigenvalue weighted by Crippen LogP contribution is 2.38. The molecule has 8 heteroatoms. The second-order valence-electron chi connectivity index (χ2n) is 6.98. The summed E-state index contributed by atoms with van der Waals surface area (Å²) in [6, 6.07) is 13.4. The third-order valence-electron chi connectivity index (χ3n) is 4.98. The zero-order valence-electron chi connectivity index (χ0n) is 16.2. The van der Waals surface area contributed by atoms with Crippen LogP contribution in [0.2, 0.25) is 0 Å². The number of thiophene rings is 1. The average molecular weight is 557 g/mol. The summed E-state index contributed by atoms with van der Waals surface area (Å²) >= 11 is 8.37. The standard InChI is InChI=1S/C23H15Br2N3O2S/c24-14-5-7-19(25)17(10-14)20-8-6-15(30-20)9-13(11-26)22(29)28-23-18(12-27)16-3-1-2-4-21(16)31-23/h5-10H,1-4H2,(H,28,29)/b13-9-. The second-order valence-corrected chi connectivity index (χ2v) is 9.85. The maximum atomic E-state index is 12.7. The van der Waals surface area contributed by atoms with Crippen molar-refractivity contribution >= 4 is 60.2 Å². The van der Waals surface area contributed by atoms with Gasteiger partial charge < -0.3 is 9.73 Å². The minimum Gasteiger partial charge on any atom is -0.457 e. The van der Waals surface area contributed by atoms with Crippen LogP contribution in [-0.4, -0.2) is 5.91 Å². The number of carbonyl (C=O) groups excluding carboxylic acids is 1. The minimum atomic E-state index is -0.556. The maximum absolute atomic E-state index is 12.7. The highest BCUT2D eigenvalue weighted by Gasteiger charge is 2.23. The largest absolute Gasteiger partial charge is 0.457 e. The molecule has 154 valence electrons. The smallest absolute Gasteiger partial charge is 0.267 e. The Hall–Kier alpha value is -2.65. The molecule has 0 atom stereocenters. The summed E-state index contributed by atoms with van der Waals surface area (Å²) in [7, 11) is 0. The van der Waals surface area contributed by atoms with Gasteiger partial charge in [0.05, 0.1) is 5.56 Å². The van der Waals surface area contributed by atoms with E-state index in [9.17, 15) is 15.3 Å². The van der Waals surface area contributed by atoms with Gasteiger partial charge in [-0.15, -0.1) is 11.3 Å². The van der Waals surface area contributed by atoms with Crippen LogP contribution in [0.4, 0.5) is 5.00 Å². The maximum Gasteiger partial charge on any atom is 0.267 e. The summed E-state index contributed by atoms with van der Waals surface area (Å²) in [6.45, 7) is 0. The Kier molecular flexibility index (Phi) is 6.43. The molecule has 1 aromatic carbocycles. The zero-order chi connectivity index (χ0) is 22.0. The van der Waals surface area contributed by atoms with Crippen molar-refractivity contribution in [1.82, 2.24) is 0 Å². The van der Waals surface area contributed by atoms with Crippen LogP contribution in [0.25, 0.3) is 17.4 Å². The van der Waals surface area contributed by atoms with Gasteiger partial charge in [-0.05, 0) is 61.6 Å². The Morgan fingerprint density at radius 1 is 1.16 bits per heavy atom. The molecule has 2 aromatic heterocycles. The predicted molar refractivity (Wildman–Crippen MR) is 127 cm³/mol. The molecule has 31 heavy (non-hydrogen) atoms. The lowest BCUT2D eigenvalue weighted by atomic mass is 9.96. The van der Waals surface area contributed by atoms with Crippen molar-refractivity contribution in [3.8, 4) is 23.5 Å². The number of furan rings is 1. The van der Waals surface area contributed by atoms with Crippen molar-refractivity contribution in [2.75, 3.05) is 5.32 Å². The molecule has 0 radical (unpaired) electrons. The van der Waals surface area contributed by atoms with Gasteiger partial charge in [0.25, 0.3) is 5.91 Å². The van der Waals surface area contributed by atoms with Crippen LogP contribution < -0.4 is 5.32 Å². The summed E-state index contributed by atoms with van der Waals surface area (Å²) in [4.78, 5) is 13.9. The fraction of sp³-hybridized carbons (Fsp3) is 0.174. The highest BCUT2D eigenvalue weighted by atomic mass is 79.9. The van der Waals surface area contributed by atoms with E-state index >= 15 is 0 Å². The number of hydrogen-bond acceptors (Lipinski definition) is 5. The minimum absolute atomic E-state index is 0.0931. The Morgan fingerprint density at radius 3 is 2.74 bits per heavy atom. The van der Waals surface area contributed by atoms with Crippen molar-refractivity contribution in [2.24, 2.45) is 0 Å². The normalized spacial score (nSPS) is 13.2. The molecular weight excluding hydrogens is 542 g/mol. The number of halogens is 2. The van der Waals surface area contributed by atoms with Gasteiger partial charge in [0.1, 0.15) is 34.2 Å². The molecule has 5 nitrogen and oxygen atoms in total. The molecule has 0 fully saturated rings. The second kappa shape index (κ2) is 9.23. The molecule has 0 unspecified atom stereocenters. The van der Waals surface area contributed by atoms with E-state index in [1.807, 2.05) is 24.3 Å². The number of amides is 1. The zero-order valence-corrected chi connectivity index (χ0v) is 20.2. The Morgan fingerprint density at radius 2 is 1.97 bits per heavy atom. The first-order chi connectivity index (χ1) is 15.0. The number of benzene rings is 1. The number of rotatable bonds is 4. The molecule has 0 saturated carbocycles. The molecular formula is C23H15Br2N3O2S. The van der Waals surface area contributed by atoms with Gasteiger partial charge in [-0.2, -0.15) is 10.5 Å². The van der Waals surface area contributed by atoms with Gasteiger partial charge in [-0.25, -0.2) is 0 Å². The van der Waals surface area contributed by atoms with E-state index in [0.717, 1.165) is 50.6 Å². The fourth-order valence-electron chi connectivity index (χ4n) is 3.50. The number of hydrogen-bond donors (Lipinski definition) is 1. The molecule has 0 spiro atoms. The molecule has 3 aromatic rings. The molecule has 0 saturated heterocycles. The van der Waals surface area contributed by atoms with E-state index < -0.39 is 5.91 Å². The van der Waals surface area contributed by atoms with Crippen LogP contribution in [0, 0.1) is 22.7 Å². The van der Waals surface area contributed by atoms with Crippen LogP contribution in [-0.2, 0) is 17.6 Å². The third-order valence-corrected chi connectivity index (χ3v) is 7.37. The van der Waals surface area contributed by atoms with Crippen LogP contribution >= 0.6 is 43.2 Å². The molecule has 1 aliphatic carbocycles. The van der Waals surface area contributed by atoms with Crippen LogP contribution in [0.3, 0.4) is 0 Å². The van der Waals surface area contributed by atoms with Crippen LogP contribution in [0.5, 0.6) is 0 Å². The summed E-state index contributed by atoms with van der Waals surface area (Å²) in [5.41, 5.74) is 2.31. The van der Waals surface area contributed by atoms with Crippen LogP contribution in [0.1, 0.15) is 34.6 Å². The lowest BCUT2D eigenvalue weighted by Crippen LogP contribution is -2.13. The topological polar surface area (TPSA) is 89.8 Å². The van der Waals surface area contributed by atoms with E-state index in [-0.39, 0.29) is 5.57 Å². The predicted octanol–water partition coefficient (Wildman–Crippen LogP) is 6.83. The SMILES string of the molecule is N#C/C(=C/c1ccc(-c2cc(Br)ccc2Br)o1)C(=O)Nc1sc2c(c1C#N)CCCC2. The quantitative estimate of drug-likeness (QED) is 0.281. The molecule has 1 amide bonds. The molecule has 2 heterocycles. The molecule has 1 N–H and O–H groups in total. The van der Waals surface area contributed by atoms with Crippen molar-refractivity contribution in [3.05, 3.63) is 66.6 Å². The number of nitrogens with zero attached hydrogens (tertiary/aromatic N) is 2. The summed E-state index contributed by atoms with van der Waals surface area (Å²) in [5, 5.41) is 22.4. The number of anilines is 1.